The summed E-state index contributed by atoms with van der Waals surface area (Å²) in [5.74, 6) is -0.834. The number of hydrogen-bond donors (Lipinski definition) is 3. The van der Waals surface area contributed by atoms with Crippen LogP contribution in [0.15, 0.2) is 89.7 Å². The third-order valence-electron chi connectivity index (χ3n) is 6.20. The van der Waals surface area contributed by atoms with Gasteiger partial charge in [0.15, 0.2) is 18.6 Å². The van der Waals surface area contributed by atoms with Crippen molar-refractivity contribution in [1.82, 2.24) is 10.6 Å². The fraction of sp³-hybridized carbons (Fsp3) is 0.226. The van der Waals surface area contributed by atoms with Gasteiger partial charge in [-0.2, -0.15) is 0 Å². The maximum absolute atomic E-state index is 13.6. The van der Waals surface area contributed by atoms with E-state index >= 15 is 0 Å². The van der Waals surface area contributed by atoms with Gasteiger partial charge >= 0.3 is 12.2 Å². The first kappa shape index (κ1) is 30.4. The first-order valence-electron chi connectivity index (χ1n) is 13.4. The Hall–Kier alpha value is -4.51. The zero-order valence-corrected chi connectivity index (χ0v) is 24.7. The average Bonchev–Trinajstić information content (AvgIpc) is 2.95. The molecule has 1 heterocycles. The van der Waals surface area contributed by atoms with Crippen molar-refractivity contribution >= 4 is 50.5 Å². The highest BCUT2D eigenvalue weighted by Gasteiger charge is 2.22. The van der Waals surface area contributed by atoms with E-state index in [1.165, 1.54) is 31.2 Å². The molecular weight excluding hydrogens is 607 g/mol. The number of aromatic nitrogens is 1. The summed E-state index contributed by atoms with van der Waals surface area (Å²) in [4.78, 5) is 38.2. The SMILES string of the molecule is CCC[n+]1cc(Br)cc(C(=O)NCC(OC(=O)NC(C)OC(=O)Nc2cccc3ccccc23)c2ccc(F)cc2)c1. The smallest absolute Gasteiger partial charge is 0.413 e. The topological polar surface area (TPSA) is 110 Å². The predicted octanol–water partition coefficient (Wildman–Crippen LogP) is 6.23. The van der Waals surface area contributed by atoms with Crippen molar-refractivity contribution in [3.8, 4) is 0 Å². The summed E-state index contributed by atoms with van der Waals surface area (Å²) in [6, 6.07) is 20.1. The van der Waals surface area contributed by atoms with Crippen LogP contribution in [-0.4, -0.2) is 30.9 Å². The minimum Gasteiger partial charge on any atom is -0.439 e. The quantitative estimate of drug-likeness (QED) is 0.141. The molecule has 4 rings (SSSR count). The van der Waals surface area contributed by atoms with Gasteiger partial charge in [0.25, 0.3) is 5.91 Å². The zero-order chi connectivity index (χ0) is 30.1. The first-order valence-corrected chi connectivity index (χ1v) is 14.2. The van der Waals surface area contributed by atoms with Crippen molar-refractivity contribution in [3.05, 3.63) is 107 Å². The van der Waals surface area contributed by atoms with Crippen LogP contribution in [0.3, 0.4) is 0 Å². The number of nitrogens with one attached hydrogen (secondary N) is 3. The number of carbonyl (C=O) groups is 3. The molecule has 0 saturated heterocycles. The number of rotatable bonds is 10. The number of pyridine rings is 1. The number of carbonyl (C=O) groups excluding carboxylic acids is 3. The molecule has 2 atom stereocenters. The number of benzene rings is 3. The van der Waals surface area contributed by atoms with E-state index in [-0.39, 0.29) is 12.5 Å². The van der Waals surface area contributed by atoms with Crippen molar-refractivity contribution in [2.75, 3.05) is 11.9 Å². The van der Waals surface area contributed by atoms with Crippen molar-refractivity contribution in [2.24, 2.45) is 0 Å². The van der Waals surface area contributed by atoms with Crippen molar-refractivity contribution in [3.63, 3.8) is 0 Å². The molecule has 0 spiro atoms. The monoisotopic (exact) mass is 637 g/mol. The van der Waals surface area contributed by atoms with Gasteiger partial charge < -0.3 is 14.8 Å². The lowest BCUT2D eigenvalue weighted by Gasteiger charge is -2.21. The van der Waals surface area contributed by atoms with Crippen molar-refractivity contribution in [2.45, 2.75) is 39.1 Å². The molecule has 3 aromatic carbocycles. The molecule has 42 heavy (non-hydrogen) atoms. The molecule has 0 aliphatic carbocycles. The van der Waals surface area contributed by atoms with Gasteiger partial charge in [-0.25, -0.2) is 18.5 Å². The molecule has 3 N–H and O–H groups in total. The summed E-state index contributed by atoms with van der Waals surface area (Å²) < 4.78 is 27.1. The van der Waals surface area contributed by atoms with Crippen molar-refractivity contribution in [1.29, 1.82) is 0 Å². The maximum Gasteiger partial charge on any atom is 0.413 e. The van der Waals surface area contributed by atoms with Gasteiger partial charge in [-0.3, -0.25) is 15.4 Å². The molecule has 0 aliphatic rings. The molecule has 3 amide bonds. The summed E-state index contributed by atoms with van der Waals surface area (Å²) in [6.07, 6.45) is 0.827. The van der Waals surface area contributed by atoms with E-state index in [1.807, 2.05) is 54.1 Å². The second kappa shape index (κ2) is 14.4. The van der Waals surface area contributed by atoms with Crippen LogP contribution in [0.5, 0.6) is 0 Å². The Labute approximate surface area is 251 Å². The molecule has 0 bridgehead atoms. The zero-order valence-electron chi connectivity index (χ0n) is 23.1. The van der Waals surface area contributed by atoms with Gasteiger partial charge in [-0.05, 0) is 58.1 Å². The highest BCUT2D eigenvalue weighted by molar-refractivity contribution is 9.10. The summed E-state index contributed by atoms with van der Waals surface area (Å²) in [5.41, 5.74) is 1.44. The number of anilines is 1. The summed E-state index contributed by atoms with van der Waals surface area (Å²) >= 11 is 3.42. The Morgan fingerprint density at radius 2 is 1.69 bits per heavy atom. The standard InChI is InChI=1S/C31H30BrFN4O5/c1-3-15-37-18-23(16-24(32)19-37)29(38)34-17-28(22-11-13-25(33)14-12-22)42-30(39)35-20(2)41-31(40)36-27-10-6-8-21-7-4-5-9-26(21)27/h4-14,16,18-20,28H,3,15,17H2,1-2H3,(H2-,34,35,36,38,39,40)/p+1. The highest BCUT2D eigenvalue weighted by atomic mass is 79.9. The second-order valence-corrected chi connectivity index (χ2v) is 10.4. The highest BCUT2D eigenvalue weighted by Crippen LogP contribution is 2.23. The van der Waals surface area contributed by atoms with Crippen LogP contribution in [0.4, 0.5) is 19.7 Å². The number of fused-ring (bicyclic) bond motifs is 1. The van der Waals surface area contributed by atoms with Crippen LogP contribution < -0.4 is 20.5 Å². The van der Waals surface area contributed by atoms with Crippen LogP contribution in [0.1, 0.15) is 42.3 Å². The Kier molecular flexibility index (Phi) is 10.4. The van der Waals surface area contributed by atoms with E-state index in [9.17, 15) is 18.8 Å². The Balaban J connectivity index is 1.37. The molecule has 11 heteroatoms. The van der Waals surface area contributed by atoms with Crippen LogP contribution in [0.25, 0.3) is 10.8 Å². The number of halogens is 2. The Morgan fingerprint density at radius 3 is 2.45 bits per heavy atom. The summed E-state index contributed by atoms with van der Waals surface area (Å²) in [7, 11) is 0. The van der Waals surface area contributed by atoms with Crippen LogP contribution in [0, 0.1) is 5.82 Å². The van der Waals surface area contributed by atoms with E-state index in [4.69, 9.17) is 9.47 Å². The van der Waals surface area contributed by atoms with Gasteiger partial charge in [-0.15, -0.1) is 0 Å². The molecule has 4 aromatic rings. The molecule has 0 aliphatic heterocycles. The lowest BCUT2D eigenvalue weighted by molar-refractivity contribution is -0.697. The molecule has 218 valence electrons. The van der Waals surface area contributed by atoms with Crippen molar-refractivity contribution < 1.29 is 32.8 Å². The number of nitrogens with zero attached hydrogens (tertiary/aromatic N) is 1. The fourth-order valence-electron chi connectivity index (χ4n) is 4.29. The minimum absolute atomic E-state index is 0.0883. The third-order valence-corrected chi connectivity index (χ3v) is 6.64. The molecule has 1 aromatic heterocycles. The van der Waals surface area contributed by atoms with Crippen LogP contribution in [0.2, 0.25) is 0 Å². The molecular formula is C31H31BrFN4O5+. The largest absolute Gasteiger partial charge is 0.439 e. The number of hydrogen-bond acceptors (Lipinski definition) is 5. The normalized spacial score (nSPS) is 12.2. The van der Waals surface area contributed by atoms with Crippen LogP contribution >= 0.6 is 15.9 Å². The number of amides is 3. The van der Waals surface area contributed by atoms with E-state index in [1.54, 1.807) is 18.3 Å². The maximum atomic E-state index is 13.6. The van der Waals surface area contributed by atoms with Crippen LogP contribution in [-0.2, 0) is 16.0 Å². The summed E-state index contributed by atoms with van der Waals surface area (Å²) in [5, 5.41) is 9.70. The average molecular weight is 639 g/mol. The Bertz CT molecular complexity index is 1560. The Morgan fingerprint density at radius 1 is 0.952 bits per heavy atom. The lowest BCUT2D eigenvalue weighted by atomic mass is 10.1. The number of aryl methyl sites for hydroxylation is 1. The molecule has 0 radical (unpaired) electrons. The number of alkyl carbamates (subject to hydrolysis) is 1. The molecule has 9 nitrogen and oxygen atoms in total. The molecule has 2 unspecified atom stereocenters. The molecule has 0 saturated carbocycles. The van der Waals surface area contributed by atoms with E-state index in [0.29, 0.717) is 16.8 Å². The van der Waals surface area contributed by atoms with Gasteiger partial charge in [0.1, 0.15) is 24.0 Å². The van der Waals surface area contributed by atoms with E-state index in [0.717, 1.165) is 28.2 Å². The second-order valence-electron chi connectivity index (χ2n) is 9.48. The third kappa shape index (κ3) is 8.50. The predicted molar refractivity (Wildman–Crippen MR) is 159 cm³/mol. The van der Waals surface area contributed by atoms with Gasteiger partial charge in [0, 0.05) is 11.8 Å². The van der Waals surface area contributed by atoms with Gasteiger partial charge in [0.2, 0.25) is 0 Å². The number of ether oxygens (including phenoxy) is 2. The summed E-state index contributed by atoms with van der Waals surface area (Å²) in [6.45, 7) is 4.15. The van der Waals surface area contributed by atoms with E-state index < -0.39 is 30.3 Å². The first-order chi connectivity index (χ1) is 20.2. The van der Waals surface area contributed by atoms with E-state index in [2.05, 4.69) is 31.9 Å². The van der Waals surface area contributed by atoms with Gasteiger partial charge in [-0.1, -0.05) is 55.5 Å². The lowest BCUT2D eigenvalue weighted by Crippen LogP contribution is -2.40. The van der Waals surface area contributed by atoms with Gasteiger partial charge in [0.05, 0.1) is 16.7 Å². The minimum atomic E-state index is -1.05. The molecule has 0 fully saturated rings. The fourth-order valence-corrected chi connectivity index (χ4v) is 4.80.